The van der Waals surface area contributed by atoms with E-state index in [1.807, 2.05) is 20.8 Å². The van der Waals surface area contributed by atoms with Gasteiger partial charge in [0.05, 0.1) is 11.1 Å². The van der Waals surface area contributed by atoms with Crippen molar-refractivity contribution in [2.24, 2.45) is 5.73 Å². The molecule has 1 saturated heterocycles. The van der Waals surface area contributed by atoms with Gasteiger partial charge in [0.25, 0.3) is 5.92 Å². The summed E-state index contributed by atoms with van der Waals surface area (Å²) in [5.74, 6) is -2.62. The molecule has 2 aliphatic rings. The SMILES string of the molecule is CC(C)(C)OC1OC1C1(N)CC(F)(F)C1. The molecule has 1 aliphatic carbocycles. The van der Waals surface area contributed by atoms with E-state index in [2.05, 4.69) is 0 Å². The molecule has 2 atom stereocenters. The fourth-order valence-corrected chi connectivity index (χ4v) is 2.06. The largest absolute Gasteiger partial charge is 0.344 e. The van der Waals surface area contributed by atoms with Crippen molar-refractivity contribution in [3.8, 4) is 0 Å². The van der Waals surface area contributed by atoms with Crippen LogP contribution in [0.25, 0.3) is 0 Å². The molecule has 0 aromatic carbocycles. The second kappa shape index (κ2) is 2.90. The van der Waals surface area contributed by atoms with Gasteiger partial charge in [-0.05, 0) is 20.8 Å². The summed E-state index contributed by atoms with van der Waals surface area (Å²) in [6, 6.07) is 0. The third-order valence-electron chi connectivity index (χ3n) is 2.66. The van der Waals surface area contributed by atoms with Crippen molar-refractivity contribution in [3.05, 3.63) is 0 Å². The first-order valence-corrected chi connectivity index (χ1v) is 5.11. The van der Waals surface area contributed by atoms with Gasteiger partial charge in [0, 0.05) is 12.8 Å². The second-order valence-electron chi connectivity index (χ2n) is 5.60. The first kappa shape index (κ1) is 11.2. The van der Waals surface area contributed by atoms with Gasteiger partial charge in [-0.25, -0.2) is 8.78 Å². The molecule has 1 heterocycles. The van der Waals surface area contributed by atoms with Gasteiger partial charge in [0.2, 0.25) is 0 Å². The zero-order valence-electron chi connectivity index (χ0n) is 9.22. The number of rotatable bonds is 2. The van der Waals surface area contributed by atoms with E-state index in [0.29, 0.717) is 0 Å². The van der Waals surface area contributed by atoms with E-state index in [4.69, 9.17) is 15.2 Å². The molecule has 0 spiro atoms. The van der Waals surface area contributed by atoms with Crippen LogP contribution in [0.2, 0.25) is 0 Å². The Morgan fingerprint density at radius 2 is 1.87 bits per heavy atom. The molecule has 0 aromatic rings. The Bertz CT molecular complexity index is 267. The van der Waals surface area contributed by atoms with E-state index in [1.54, 1.807) is 0 Å². The number of hydrogen-bond donors (Lipinski definition) is 1. The highest BCUT2D eigenvalue weighted by Gasteiger charge is 2.66. The number of ether oxygens (including phenoxy) is 2. The lowest BCUT2D eigenvalue weighted by molar-refractivity contribution is -0.129. The summed E-state index contributed by atoms with van der Waals surface area (Å²) in [6.07, 6.45) is -1.37. The summed E-state index contributed by atoms with van der Waals surface area (Å²) in [5.41, 5.74) is 4.59. The maximum atomic E-state index is 12.7. The molecular formula is C10H17F2NO2. The molecule has 15 heavy (non-hydrogen) atoms. The standard InChI is InChI=1S/C10H17F2NO2/c1-8(2,3)15-7-6(14-7)9(13)4-10(11,12)5-9/h6-7H,4-5,13H2,1-3H3. The Morgan fingerprint density at radius 1 is 1.33 bits per heavy atom. The second-order valence-corrected chi connectivity index (χ2v) is 5.60. The minimum absolute atomic E-state index is 0.297. The van der Waals surface area contributed by atoms with Crippen molar-refractivity contribution >= 4 is 0 Å². The van der Waals surface area contributed by atoms with Gasteiger partial charge in [-0.1, -0.05) is 0 Å². The van der Waals surface area contributed by atoms with E-state index in [0.717, 1.165) is 0 Å². The number of hydrogen-bond acceptors (Lipinski definition) is 3. The first-order valence-electron chi connectivity index (χ1n) is 5.11. The lowest BCUT2D eigenvalue weighted by Gasteiger charge is -2.43. The molecule has 0 amide bonds. The molecule has 2 rings (SSSR count). The molecule has 2 fully saturated rings. The molecular weight excluding hydrogens is 204 g/mol. The van der Waals surface area contributed by atoms with E-state index in [9.17, 15) is 8.78 Å². The van der Waals surface area contributed by atoms with E-state index in [-0.39, 0.29) is 24.5 Å². The molecule has 88 valence electrons. The molecule has 2 N–H and O–H groups in total. The van der Waals surface area contributed by atoms with Crippen LogP contribution in [-0.2, 0) is 9.47 Å². The lowest BCUT2D eigenvalue weighted by atomic mass is 9.72. The summed E-state index contributed by atoms with van der Waals surface area (Å²) in [7, 11) is 0. The number of nitrogens with two attached hydrogens (primary N) is 1. The molecule has 5 heteroatoms. The van der Waals surface area contributed by atoms with E-state index < -0.39 is 17.8 Å². The van der Waals surface area contributed by atoms with Crippen LogP contribution in [0.15, 0.2) is 0 Å². The molecule has 2 unspecified atom stereocenters. The number of epoxide rings is 1. The third-order valence-corrected chi connectivity index (χ3v) is 2.66. The van der Waals surface area contributed by atoms with Crippen LogP contribution >= 0.6 is 0 Å². The van der Waals surface area contributed by atoms with Gasteiger partial charge in [-0.2, -0.15) is 0 Å². The fraction of sp³-hybridized carbons (Fsp3) is 1.00. The molecule has 1 saturated carbocycles. The molecule has 1 aliphatic heterocycles. The highest BCUT2D eigenvalue weighted by atomic mass is 19.3. The van der Waals surface area contributed by atoms with Crippen LogP contribution in [0.4, 0.5) is 8.78 Å². The topological polar surface area (TPSA) is 47.8 Å². The summed E-state index contributed by atoms with van der Waals surface area (Å²) in [6.45, 7) is 5.68. The van der Waals surface area contributed by atoms with Gasteiger partial charge >= 0.3 is 0 Å². The average Bonchev–Trinajstić information content (AvgIpc) is 2.58. The van der Waals surface area contributed by atoms with Crippen LogP contribution in [0.3, 0.4) is 0 Å². The van der Waals surface area contributed by atoms with E-state index in [1.165, 1.54) is 0 Å². The van der Waals surface area contributed by atoms with Gasteiger partial charge in [0.15, 0.2) is 6.29 Å². The van der Waals surface area contributed by atoms with Gasteiger partial charge in [-0.15, -0.1) is 0 Å². The maximum Gasteiger partial charge on any atom is 0.251 e. The zero-order chi connectivity index (χ0) is 11.5. The van der Waals surface area contributed by atoms with Crippen molar-refractivity contribution in [1.29, 1.82) is 0 Å². The van der Waals surface area contributed by atoms with Crippen molar-refractivity contribution in [2.45, 2.75) is 63.1 Å². The Hall–Kier alpha value is -0.260. The monoisotopic (exact) mass is 221 g/mol. The van der Waals surface area contributed by atoms with Crippen LogP contribution in [0, 0.1) is 0 Å². The van der Waals surface area contributed by atoms with Crippen LogP contribution < -0.4 is 5.73 Å². The minimum Gasteiger partial charge on any atom is -0.344 e. The van der Waals surface area contributed by atoms with Crippen molar-refractivity contribution in [3.63, 3.8) is 0 Å². The highest BCUT2D eigenvalue weighted by molar-refractivity contribution is 5.13. The van der Waals surface area contributed by atoms with Crippen molar-refractivity contribution in [2.75, 3.05) is 0 Å². The van der Waals surface area contributed by atoms with Crippen LogP contribution in [-0.4, -0.2) is 29.5 Å². The Kier molecular flexibility index (Phi) is 2.17. The summed E-state index contributed by atoms with van der Waals surface area (Å²) in [5, 5.41) is 0. The van der Waals surface area contributed by atoms with Crippen molar-refractivity contribution in [1.82, 2.24) is 0 Å². The Morgan fingerprint density at radius 3 is 2.27 bits per heavy atom. The fourth-order valence-electron chi connectivity index (χ4n) is 2.06. The van der Waals surface area contributed by atoms with Gasteiger partial charge in [0.1, 0.15) is 6.10 Å². The van der Waals surface area contributed by atoms with Crippen LogP contribution in [0.5, 0.6) is 0 Å². The predicted molar refractivity (Wildman–Crippen MR) is 50.6 cm³/mol. The smallest absolute Gasteiger partial charge is 0.251 e. The van der Waals surface area contributed by atoms with Gasteiger partial charge in [-0.3, -0.25) is 0 Å². The first-order chi connectivity index (χ1) is 6.61. The summed E-state index contributed by atoms with van der Waals surface area (Å²) < 4.78 is 36.1. The molecule has 0 radical (unpaired) electrons. The predicted octanol–water partition coefficient (Wildman–Crippen LogP) is 1.65. The van der Waals surface area contributed by atoms with Crippen molar-refractivity contribution < 1.29 is 18.3 Å². The van der Waals surface area contributed by atoms with E-state index >= 15 is 0 Å². The average molecular weight is 221 g/mol. The summed E-state index contributed by atoms with van der Waals surface area (Å²) >= 11 is 0. The zero-order valence-corrected chi connectivity index (χ0v) is 9.22. The summed E-state index contributed by atoms with van der Waals surface area (Å²) in [4.78, 5) is 0. The minimum atomic E-state index is -2.62. The Labute approximate surface area is 87.9 Å². The maximum absolute atomic E-state index is 12.7. The third kappa shape index (κ3) is 2.29. The van der Waals surface area contributed by atoms with Crippen LogP contribution in [0.1, 0.15) is 33.6 Å². The highest BCUT2D eigenvalue weighted by Crippen LogP contribution is 2.52. The number of alkyl halides is 2. The number of halogens is 2. The quantitative estimate of drug-likeness (QED) is 0.721. The molecule has 0 bridgehead atoms. The normalized spacial score (nSPS) is 37.2. The molecule has 0 aromatic heterocycles. The Balaban J connectivity index is 1.85. The molecule has 3 nitrogen and oxygen atoms in total. The van der Waals surface area contributed by atoms with Gasteiger partial charge < -0.3 is 15.2 Å². The lowest BCUT2D eigenvalue weighted by Crippen LogP contribution is -2.62.